The molecule has 0 atom stereocenters. The summed E-state index contributed by atoms with van der Waals surface area (Å²) >= 11 is 0. The van der Waals surface area contributed by atoms with Crippen molar-refractivity contribution in [3.8, 4) is 12.3 Å². The number of rotatable bonds is 4. The van der Waals surface area contributed by atoms with Gasteiger partial charge in [0.1, 0.15) is 6.54 Å². The van der Waals surface area contributed by atoms with Crippen LogP contribution < -0.4 is 10.2 Å². The second kappa shape index (κ2) is 7.05. The third-order valence-corrected chi connectivity index (χ3v) is 4.08. The van der Waals surface area contributed by atoms with Crippen LogP contribution in [0.4, 0.5) is 11.4 Å². The Morgan fingerprint density at radius 3 is 3.04 bits per heavy atom. The summed E-state index contributed by atoms with van der Waals surface area (Å²) in [5.41, 5.74) is 2.78. The van der Waals surface area contributed by atoms with Gasteiger partial charge in [0.25, 0.3) is 5.91 Å². The number of fused-ring (bicyclic) bond motifs is 1. The van der Waals surface area contributed by atoms with Crippen molar-refractivity contribution in [2.24, 2.45) is 0 Å². The van der Waals surface area contributed by atoms with Gasteiger partial charge in [0.05, 0.1) is 11.9 Å². The van der Waals surface area contributed by atoms with E-state index in [1.54, 1.807) is 34.1 Å². The summed E-state index contributed by atoms with van der Waals surface area (Å²) in [5, 5.41) is 6.91. The van der Waals surface area contributed by atoms with Gasteiger partial charge >= 0.3 is 0 Å². The molecule has 0 saturated heterocycles. The van der Waals surface area contributed by atoms with Gasteiger partial charge in [0.2, 0.25) is 5.91 Å². The summed E-state index contributed by atoms with van der Waals surface area (Å²) in [4.78, 5) is 26.4. The monoisotopic (exact) mass is 334 g/mol. The van der Waals surface area contributed by atoms with E-state index in [0.29, 0.717) is 24.3 Å². The molecule has 0 spiro atoms. The van der Waals surface area contributed by atoms with Gasteiger partial charge < -0.3 is 10.2 Å². The fraction of sp³-hybridized carbons (Fsp3) is 0.211. The van der Waals surface area contributed by atoms with E-state index in [4.69, 9.17) is 6.42 Å². The highest BCUT2D eigenvalue weighted by Crippen LogP contribution is 2.30. The van der Waals surface area contributed by atoms with E-state index in [1.807, 2.05) is 6.07 Å². The molecular weight excluding hydrogens is 316 g/mol. The number of terminal acetylenes is 1. The van der Waals surface area contributed by atoms with Crippen LogP contribution in [0.15, 0.2) is 43.2 Å². The van der Waals surface area contributed by atoms with Crippen LogP contribution in [-0.4, -0.2) is 28.1 Å². The topological polar surface area (TPSA) is 67.2 Å². The minimum absolute atomic E-state index is 0.158. The molecule has 6 nitrogen and oxygen atoms in total. The lowest BCUT2D eigenvalue weighted by atomic mass is 9.95. The lowest BCUT2D eigenvalue weighted by Gasteiger charge is -2.29. The zero-order chi connectivity index (χ0) is 17.8. The number of hydrogen-bond donors (Lipinski definition) is 1. The van der Waals surface area contributed by atoms with Crippen molar-refractivity contribution in [1.29, 1.82) is 0 Å². The van der Waals surface area contributed by atoms with E-state index in [-0.39, 0.29) is 11.8 Å². The Morgan fingerprint density at radius 2 is 2.28 bits per heavy atom. The van der Waals surface area contributed by atoms with E-state index < -0.39 is 0 Å². The third-order valence-electron chi connectivity index (χ3n) is 4.08. The molecule has 3 rings (SSSR count). The molecular formula is C19H18N4O2. The zero-order valence-electron chi connectivity index (χ0n) is 13.7. The number of benzene rings is 1. The van der Waals surface area contributed by atoms with Gasteiger partial charge in [-0.05, 0) is 36.6 Å². The second-order valence-corrected chi connectivity index (χ2v) is 5.69. The first-order valence-corrected chi connectivity index (χ1v) is 7.97. The fourth-order valence-electron chi connectivity index (χ4n) is 2.98. The van der Waals surface area contributed by atoms with Gasteiger partial charge in [0.15, 0.2) is 0 Å². The van der Waals surface area contributed by atoms with Gasteiger partial charge in [-0.1, -0.05) is 18.6 Å². The Balaban J connectivity index is 1.87. The fourth-order valence-corrected chi connectivity index (χ4v) is 2.98. The largest absolute Gasteiger partial charge is 0.319 e. The van der Waals surface area contributed by atoms with Crippen LogP contribution in [0.1, 0.15) is 22.3 Å². The van der Waals surface area contributed by atoms with Crippen LogP contribution in [-0.2, 0) is 17.8 Å². The van der Waals surface area contributed by atoms with E-state index in [0.717, 1.165) is 24.1 Å². The smallest absolute Gasteiger partial charge is 0.256 e. The first-order valence-electron chi connectivity index (χ1n) is 7.97. The lowest BCUT2D eigenvalue weighted by molar-refractivity contribution is -0.114. The number of carbonyl (C=O) groups is 2. The molecule has 1 aliphatic rings. The van der Waals surface area contributed by atoms with Crippen molar-refractivity contribution in [2.45, 2.75) is 19.4 Å². The van der Waals surface area contributed by atoms with E-state index in [9.17, 15) is 9.59 Å². The van der Waals surface area contributed by atoms with Crippen molar-refractivity contribution < 1.29 is 9.59 Å². The number of carbonyl (C=O) groups excluding carboxylic acids is 2. The maximum Gasteiger partial charge on any atom is 0.256 e. The number of amides is 2. The summed E-state index contributed by atoms with van der Waals surface area (Å²) in [6.07, 6.45) is 11.3. The predicted octanol–water partition coefficient (Wildman–Crippen LogP) is 2.23. The summed E-state index contributed by atoms with van der Waals surface area (Å²) in [7, 11) is 0. The molecule has 126 valence electrons. The van der Waals surface area contributed by atoms with Gasteiger partial charge in [-0.2, -0.15) is 5.10 Å². The second-order valence-electron chi connectivity index (χ2n) is 5.69. The number of hydrogen-bond acceptors (Lipinski definition) is 3. The average molecular weight is 334 g/mol. The molecule has 0 fully saturated rings. The van der Waals surface area contributed by atoms with E-state index >= 15 is 0 Å². The molecule has 0 saturated carbocycles. The number of anilines is 2. The van der Waals surface area contributed by atoms with Crippen molar-refractivity contribution in [1.82, 2.24) is 9.78 Å². The first-order chi connectivity index (χ1) is 12.1. The molecule has 2 aromatic rings. The Labute approximate surface area is 146 Å². The molecule has 2 heterocycles. The van der Waals surface area contributed by atoms with Crippen LogP contribution in [0.25, 0.3) is 0 Å². The third kappa shape index (κ3) is 3.31. The molecule has 1 aromatic carbocycles. The average Bonchev–Trinajstić information content (AvgIpc) is 3.07. The van der Waals surface area contributed by atoms with Crippen LogP contribution in [0, 0.1) is 12.3 Å². The molecule has 0 aliphatic carbocycles. The molecule has 0 unspecified atom stereocenters. The number of nitrogens with one attached hydrogen (secondary N) is 1. The number of aromatic nitrogens is 2. The van der Waals surface area contributed by atoms with Crippen LogP contribution in [0.5, 0.6) is 0 Å². The van der Waals surface area contributed by atoms with Crippen molar-refractivity contribution >= 4 is 23.2 Å². The maximum atomic E-state index is 12.7. The van der Waals surface area contributed by atoms with E-state index in [1.165, 1.54) is 6.08 Å². The summed E-state index contributed by atoms with van der Waals surface area (Å²) in [6, 6.07) is 5.41. The predicted molar refractivity (Wildman–Crippen MR) is 96.3 cm³/mol. The van der Waals surface area contributed by atoms with Crippen molar-refractivity contribution in [3.63, 3.8) is 0 Å². The minimum Gasteiger partial charge on any atom is -0.319 e. The molecule has 1 aromatic heterocycles. The van der Waals surface area contributed by atoms with Gasteiger partial charge in [0, 0.05) is 24.0 Å². The summed E-state index contributed by atoms with van der Waals surface area (Å²) in [5.74, 6) is 2.10. The van der Waals surface area contributed by atoms with Gasteiger partial charge in [-0.3, -0.25) is 14.3 Å². The maximum absolute atomic E-state index is 12.7. The highest BCUT2D eigenvalue weighted by atomic mass is 16.2. The van der Waals surface area contributed by atoms with Crippen LogP contribution in [0.2, 0.25) is 0 Å². The highest BCUT2D eigenvalue weighted by Gasteiger charge is 2.25. The van der Waals surface area contributed by atoms with Gasteiger partial charge in [-0.25, -0.2) is 0 Å². The van der Waals surface area contributed by atoms with Crippen LogP contribution >= 0.6 is 0 Å². The lowest BCUT2D eigenvalue weighted by Crippen LogP contribution is -2.35. The first kappa shape index (κ1) is 16.5. The molecule has 2 amide bonds. The summed E-state index contributed by atoms with van der Waals surface area (Å²) in [6.45, 7) is 4.51. The quantitative estimate of drug-likeness (QED) is 0.689. The van der Waals surface area contributed by atoms with E-state index in [2.05, 4.69) is 22.9 Å². The normalized spacial score (nSPS) is 12.8. The van der Waals surface area contributed by atoms with Crippen molar-refractivity contribution in [3.05, 3.63) is 54.4 Å². The number of nitrogens with zero attached hydrogens (tertiary/aromatic N) is 3. The molecule has 0 bridgehead atoms. The summed E-state index contributed by atoms with van der Waals surface area (Å²) < 4.78 is 1.57. The molecule has 25 heavy (non-hydrogen) atoms. The minimum atomic E-state index is -0.231. The highest BCUT2D eigenvalue weighted by molar-refractivity contribution is 6.08. The standard InChI is InChI=1S/C19H18N4O2/c1-3-10-22-13-14(12-20-22)21-19(25)16-7-5-9-17-15(16)8-6-11-23(17)18(24)4-2/h1,4-5,7,9,12-13H,2,6,8,10-11H2,(H,21,25). The van der Waals surface area contributed by atoms with Crippen molar-refractivity contribution in [2.75, 3.05) is 16.8 Å². The Hall–Kier alpha value is -3.33. The molecule has 6 heteroatoms. The Morgan fingerprint density at radius 1 is 1.44 bits per heavy atom. The van der Waals surface area contributed by atoms with Gasteiger partial charge in [-0.15, -0.1) is 6.42 Å². The van der Waals surface area contributed by atoms with Crippen LogP contribution in [0.3, 0.4) is 0 Å². The Kier molecular flexibility index (Phi) is 4.66. The molecule has 1 N–H and O–H groups in total. The Bertz CT molecular complexity index is 876. The molecule has 0 radical (unpaired) electrons. The zero-order valence-corrected chi connectivity index (χ0v) is 13.7. The molecule has 1 aliphatic heterocycles. The SMILES string of the molecule is C#CCn1cc(NC(=O)c2cccc3c2CCCN3C(=O)C=C)cn1.